The van der Waals surface area contributed by atoms with Gasteiger partial charge in [0.15, 0.2) is 11.2 Å². The maximum Gasteiger partial charge on any atom is 0.296 e. The van der Waals surface area contributed by atoms with Crippen molar-refractivity contribution in [1.82, 2.24) is 5.16 Å². The molecule has 4 aromatic rings. The molecule has 1 amide bonds. The number of rotatable bonds is 3. The molecule has 1 aliphatic rings. The van der Waals surface area contributed by atoms with Crippen LogP contribution in [0.2, 0.25) is 5.02 Å². The molecule has 0 fully saturated rings. The number of amides is 1. The van der Waals surface area contributed by atoms with Gasteiger partial charge in [0.05, 0.1) is 21.9 Å². The summed E-state index contributed by atoms with van der Waals surface area (Å²) in [7, 11) is 0. The van der Waals surface area contributed by atoms with Gasteiger partial charge in [-0.1, -0.05) is 28.9 Å². The lowest BCUT2D eigenvalue weighted by molar-refractivity contribution is -0.384. The zero-order valence-corrected chi connectivity index (χ0v) is 16.6. The fourth-order valence-electron chi connectivity index (χ4n) is 3.77. The molecule has 1 atom stereocenters. The van der Waals surface area contributed by atoms with Crippen LogP contribution in [0.15, 0.2) is 62.3 Å². The summed E-state index contributed by atoms with van der Waals surface area (Å²) in [6.07, 6.45) is 0. The molecule has 154 valence electrons. The monoisotopic (exact) mass is 437 g/mol. The Kier molecular flexibility index (Phi) is 4.16. The number of non-ortho nitro benzene ring substituents is 1. The number of hydrogen-bond acceptors (Lipinski definition) is 7. The highest BCUT2D eigenvalue weighted by molar-refractivity contribution is 6.31. The molecule has 0 radical (unpaired) electrons. The lowest BCUT2D eigenvalue weighted by Gasteiger charge is -2.22. The van der Waals surface area contributed by atoms with E-state index in [0.717, 1.165) is 0 Å². The third-order valence-corrected chi connectivity index (χ3v) is 5.33. The number of fused-ring (bicyclic) bond motifs is 2. The Balaban J connectivity index is 1.83. The summed E-state index contributed by atoms with van der Waals surface area (Å²) >= 11 is 6.05. The van der Waals surface area contributed by atoms with Gasteiger partial charge < -0.3 is 8.94 Å². The van der Waals surface area contributed by atoms with Crippen molar-refractivity contribution in [3.05, 3.63) is 96.5 Å². The number of nitrogens with zero attached hydrogens (tertiary/aromatic N) is 3. The molecule has 0 unspecified atom stereocenters. The van der Waals surface area contributed by atoms with Crippen LogP contribution < -0.4 is 10.3 Å². The van der Waals surface area contributed by atoms with Crippen molar-refractivity contribution >= 4 is 40.0 Å². The highest BCUT2D eigenvalue weighted by Crippen LogP contribution is 2.41. The number of carbonyl (C=O) groups is 1. The summed E-state index contributed by atoms with van der Waals surface area (Å²) in [5, 5.41) is 15.8. The zero-order valence-electron chi connectivity index (χ0n) is 15.9. The number of halogens is 1. The van der Waals surface area contributed by atoms with Gasteiger partial charge in [0.1, 0.15) is 11.3 Å². The first-order valence-electron chi connectivity index (χ1n) is 9.12. The topological polar surface area (TPSA) is 120 Å². The van der Waals surface area contributed by atoms with Gasteiger partial charge in [0.25, 0.3) is 11.6 Å². The summed E-state index contributed by atoms with van der Waals surface area (Å²) in [6.45, 7) is 1.66. The van der Waals surface area contributed by atoms with E-state index in [1.807, 2.05) is 0 Å². The molecular weight excluding hydrogens is 426 g/mol. The molecule has 0 N–H and O–H groups in total. The molecule has 10 heteroatoms. The van der Waals surface area contributed by atoms with Gasteiger partial charge in [-0.2, -0.15) is 0 Å². The number of aryl methyl sites for hydroxylation is 1. The molecular formula is C21H12ClN3O6. The minimum atomic E-state index is -0.994. The number of benzene rings is 2. The molecule has 1 aliphatic heterocycles. The molecule has 0 saturated heterocycles. The van der Waals surface area contributed by atoms with E-state index >= 15 is 0 Å². The highest BCUT2D eigenvalue weighted by Gasteiger charge is 2.45. The van der Waals surface area contributed by atoms with Gasteiger partial charge in [0.2, 0.25) is 5.76 Å². The number of carbonyl (C=O) groups excluding carboxylic acids is 1. The molecule has 9 nitrogen and oxygen atoms in total. The maximum absolute atomic E-state index is 13.4. The van der Waals surface area contributed by atoms with Crippen LogP contribution in [-0.4, -0.2) is 16.0 Å². The SMILES string of the molecule is Cc1cc(N2C(=O)c3oc4ccc(Cl)cc4c(=O)c3[C@@H]2c2cccc([N+](=O)[O-])c2)no1. The minimum Gasteiger partial charge on any atom is -0.450 e. The smallest absolute Gasteiger partial charge is 0.296 e. The average Bonchev–Trinajstić information content (AvgIpc) is 3.30. The molecule has 3 heterocycles. The average molecular weight is 438 g/mol. The lowest BCUT2D eigenvalue weighted by Crippen LogP contribution is -2.29. The molecule has 31 heavy (non-hydrogen) atoms. The van der Waals surface area contributed by atoms with Gasteiger partial charge in [-0.3, -0.25) is 24.6 Å². The van der Waals surface area contributed by atoms with Crippen molar-refractivity contribution in [2.24, 2.45) is 0 Å². The van der Waals surface area contributed by atoms with Crippen LogP contribution in [-0.2, 0) is 0 Å². The molecule has 2 aromatic heterocycles. The van der Waals surface area contributed by atoms with Gasteiger partial charge in [-0.15, -0.1) is 0 Å². The Hall–Kier alpha value is -3.98. The molecule has 0 spiro atoms. The zero-order chi connectivity index (χ0) is 21.9. The summed E-state index contributed by atoms with van der Waals surface area (Å²) in [5.74, 6) is -0.148. The van der Waals surface area contributed by atoms with E-state index in [4.69, 9.17) is 20.5 Å². The fourth-order valence-corrected chi connectivity index (χ4v) is 3.94. The second kappa shape index (κ2) is 6.78. The van der Waals surface area contributed by atoms with Crippen molar-refractivity contribution in [2.45, 2.75) is 13.0 Å². The normalized spacial score (nSPS) is 15.5. The number of nitro benzene ring substituents is 1. The van der Waals surface area contributed by atoms with E-state index in [-0.39, 0.29) is 33.8 Å². The van der Waals surface area contributed by atoms with Crippen LogP contribution in [0.5, 0.6) is 0 Å². The Morgan fingerprint density at radius 1 is 1.16 bits per heavy atom. The molecule has 2 aromatic carbocycles. The standard InChI is InChI=1S/C21H12ClN3O6/c1-10-7-16(23-31-10)24-18(11-3-2-4-13(8-11)25(28)29)17-19(26)14-9-12(22)5-6-15(14)30-20(17)21(24)27/h2-9,18H,1H3/t18-/m0/s1. The Bertz CT molecular complexity index is 1460. The van der Waals surface area contributed by atoms with Gasteiger partial charge in [-0.05, 0) is 30.7 Å². The summed E-state index contributed by atoms with van der Waals surface area (Å²) in [4.78, 5) is 38.8. The first kappa shape index (κ1) is 19.0. The first-order valence-corrected chi connectivity index (χ1v) is 9.50. The Labute approximate surface area is 178 Å². The van der Waals surface area contributed by atoms with E-state index in [1.165, 1.54) is 41.3 Å². The van der Waals surface area contributed by atoms with E-state index in [1.54, 1.807) is 19.1 Å². The molecule has 0 bridgehead atoms. The van der Waals surface area contributed by atoms with Crippen molar-refractivity contribution in [2.75, 3.05) is 4.90 Å². The largest absolute Gasteiger partial charge is 0.450 e. The van der Waals surface area contributed by atoms with E-state index < -0.39 is 22.3 Å². The molecule has 0 saturated carbocycles. The van der Waals surface area contributed by atoms with E-state index in [0.29, 0.717) is 16.3 Å². The van der Waals surface area contributed by atoms with Crippen LogP contribution in [0.4, 0.5) is 11.5 Å². The van der Waals surface area contributed by atoms with Gasteiger partial charge >= 0.3 is 0 Å². The number of nitro groups is 1. The van der Waals surface area contributed by atoms with Crippen LogP contribution in [0.1, 0.15) is 33.5 Å². The fraction of sp³-hybridized carbons (Fsp3) is 0.0952. The van der Waals surface area contributed by atoms with Crippen molar-refractivity contribution < 1.29 is 18.7 Å². The van der Waals surface area contributed by atoms with E-state index in [9.17, 15) is 19.7 Å². The first-order chi connectivity index (χ1) is 14.8. The van der Waals surface area contributed by atoms with Gasteiger partial charge in [-0.25, -0.2) is 0 Å². The van der Waals surface area contributed by atoms with Gasteiger partial charge in [0, 0.05) is 23.2 Å². The summed E-state index contributed by atoms with van der Waals surface area (Å²) < 4.78 is 10.9. The third-order valence-electron chi connectivity index (χ3n) is 5.09. The second-order valence-corrected chi connectivity index (χ2v) is 7.48. The number of hydrogen-bond donors (Lipinski definition) is 0. The lowest BCUT2D eigenvalue weighted by atomic mass is 9.98. The number of anilines is 1. The van der Waals surface area contributed by atoms with Crippen molar-refractivity contribution in [1.29, 1.82) is 0 Å². The Morgan fingerprint density at radius 2 is 1.97 bits per heavy atom. The second-order valence-electron chi connectivity index (χ2n) is 7.04. The third kappa shape index (κ3) is 2.89. The van der Waals surface area contributed by atoms with Crippen molar-refractivity contribution in [3.63, 3.8) is 0 Å². The maximum atomic E-state index is 13.4. The summed E-state index contributed by atoms with van der Waals surface area (Å²) in [6, 6.07) is 10.8. The van der Waals surface area contributed by atoms with E-state index in [2.05, 4.69) is 5.16 Å². The predicted molar refractivity (Wildman–Crippen MR) is 110 cm³/mol. The molecule has 0 aliphatic carbocycles. The highest BCUT2D eigenvalue weighted by atomic mass is 35.5. The quantitative estimate of drug-likeness (QED) is 0.344. The van der Waals surface area contributed by atoms with Crippen LogP contribution in [0.25, 0.3) is 11.0 Å². The predicted octanol–water partition coefficient (Wildman–Crippen LogP) is 4.40. The Morgan fingerprint density at radius 3 is 2.68 bits per heavy atom. The van der Waals surface area contributed by atoms with Crippen LogP contribution in [0.3, 0.4) is 0 Å². The van der Waals surface area contributed by atoms with Crippen LogP contribution >= 0.6 is 11.6 Å². The summed E-state index contributed by atoms with van der Waals surface area (Å²) in [5.41, 5.74) is -0.0109. The minimum absolute atomic E-state index is 0.0564. The van der Waals surface area contributed by atoms with Crippen LogP contribution in [0, 0.1) is 17.0 Å². The van der Waals surface area contributed by atoms with Crippen molar-refractivity contribution in [3.8, 4) is 0 Å². The molecule has 5 rings (SSSR count). The number of aromatic nitrogens is 1.